The van der Waals surface area contributed by atoms with E-state index in [4.69, 9.17) is 5.11 Å². The molecular weight excluding hydrogens is 342 g/mol. The number of hydrogen-bond acceptors (Lipinski definition) is 4. The first-order chi connectivity index (χ1) is 11.8. The molecule has 0 bridgehead atoms. The van der Waals surface area contributed by atoms with Crippen LogP contribution in [0.2, 0.25) is 0 Å². The zero-order chi connectivity index (χ0) is 18.4. The van der Waals surface area contributed by atoms with Gasteiger partial charge in [0, 0.05) is 6.54 Å². The van der Waals surface area contributed by atoms with Crippen LogP contribution in [-0.2, 0) is 9.84 Å². The summed E-state index contributed by atoms with van der Waals surface area (Å²) >= 11 is 0. The third-order valence-electron chi connectivity index (χ3n) is 4.69. The summed E-state index contributed by atoms with van der Waals surface area (Å²) in [7, 11) is -3.39. The van der Waals surface area contributed by atoms with E-state index in [2.05, 4.69) is 5.32 Å². The maximum atomic E-state index is 12.8. The summed E-state index contributed by atoms with van der Waals surface area (Å²) in [5.41, 5.74) is 1.28. The minimum Gasteiger partial charge on any atom is -0.465 e. The van der Waals surface area contributed by atoms with Crippen molar-refractivity contribution in [1.29, 1.82) is 0 Å². The van der Waals surface area contributed by atoms with E-state index in [1.807, 2.05) is 0 Å². The fraction of sp³-hybridized carbons (Fsp3) is 0.611. The van der Waals surface area contributed by atoms with Crippen molar-refractivity contribution < 1.29 is 23.4 Å². The van der Waals surface area contributed by atoms with Crippen LogP contribution >= 0.6 is 0 Å². The molecule has 1 atom stereocenters. The minimum absolute atomic E-state index is 0.106. The number of rotatable bonds is 7. The smallest absolute Gasteiger partial charge is 0.404 e. The van der Waals surface area contributed by atoms with E-state index >= 15 is 0 Å². The Labute approximate surface area is 149 Å². The monoisotopic (exact) mass is 369 g/mol. The molecule has 1 aliphatic rings. The highest BCUT2D eigenvalue weighted by Gasteiger charge is 2.24. The fourth-order valence-electron chi connectivity index (χ4n) is 3.39. The van der Waals surface area contributed by atoms with Crippen LogP contribution in [-0.4, -0.2) is 37.0 Å². The summed E-state index contributed by atoms with van der Waals surface area (Å²) in [5.74, 6) is 0.374. The van der Waals surface area contributed by atoms with Gasteiger partial charge in [-0.05, 0) is 55.4 Å². The van der Waals surface area contributed by atoms with Crippen molar-refractivity contribution in [3.63, 3.8) is 0 Å². The van der Waals surface area contributed by atoms with Gasteiger partial charge in [0.1, 0.15) is 0 Å². The van der Waals surface area contributed by atoms with Crippen molar-refractivity contribution >= 4 is 15.9 Å². The largest absolute Gasteiger partial charge is 0.465 e. The van der Waals surface area contributed by atoms with E-state index in [0.717, 1.165) is 31.2 Å². The number of sulfone groups is 1. The van der Waals surface area contributed by atoms with Crippen molar-refractivity contribution in [2.75, 3.05) is 12.3 Å². The number of hydrogen-bond donors (Lipinski definition) is 3. The van der Waals surface area contributed by atoms with Crippen LogP contribution in [0.15, 0.2) is 23.1 Å². The second-order valence-electron chi connectivity index (χ2n) is 6.90. The third-order valence-corrected chi connectivity index (χ3v) is 6.56. The summed E-state index contributed by atoms with van der Waals surface area (Å²) in [6.45, 7) is 1.90. The third kappa shape index (κ3) is 6.01. The van der Waals surface area contributed by atoms with Gasteiger partial charge in [0.25, 0.3) is 0 Å². The lowest BCUT2D eigenvalue weighted by Crippen LogP contribution is -2.23. The van der Waals surface area contributed by atoms with Crippen molar-refractivity contribution in [2.24, 2.45) is 5.92 Å². The molecule has 0 aliphatic heterocycles. The second kappa shape index (κ2) is 8.67. The normalized spacial score (nSPS) is 17.2. The average Bonchev–Trinajstić information content (AvgIpc) is 2.54. The Hall–Kier alpha value is -1.60. The van der Waals surface area contributed by atoms with Crippen LogP contribution in [0.5, 0.6) is 0 Å². The van der Waals surface area contributed by atoms with Gasteiger partial charge in [-0.1, -0.05) is 25.3 Å². The van der Waals surface area contributed by atoms with Gasteiger partial charge in [0.05, 0.1) is 16.8 Å². The Morgan fingerprint density at radius 3 is 2.56 bits per heavy atom. The standard InChI is InChI=1S/C18H27NO5S/c1-13-9-15(17(20)7-8-19-18(21)22)11-16(10-13)25(23,24)12-14-5-3-2-4-6-14/h9-11,14,17,19-20H,2-8,12H2,1H3,(H,21,22). The first-order valence-corrected chi connectivity index (χ1v) is 10.4. The van der Waals surface area contributed by atoms with Gasteiger partial charge >= 0.3 is 6.09 Å². The molecule has 7 heteroatoms. The predicted octanol–water partition coefficient (Wildman–Crippen LogP) is 3.04. The van der Waals surface area contributed by atoms with Crippen molar-refractivity contribution in [1.82, 2.24) is 5.32 Å². The van der Waals surface area contributed by atoms with Crippen LogP contribution in [0.3, 0.4) is 0 Å². The number of benzene rings is 1. The molecule has 140 valence electrons. The number of amides is 1. The van der Waals surface area contributed by atoms with Crippen molar-refractivity contribution in [3.05, 3.63) is 29.3 Å². The summed E-state index contributed by atoms with van der Waals surface area (Å²) < 4.78 is 25.5. The lowest BCUT2D eigenvalue weighted by Gasteiger charge is -2.21. The van der Waals surface area contributed by atoms with Gasteiger partial charge in [-0.25, -0.2) is 13.2 Å². The molecule has 1 aliphatic carbocycles. The van der Waals surface area contributed by atoms with Crippen LogP contribution in [0.1, 0.15) is 55.8 Å². The molecule has 1 saturated carbocycles. The van der Waals surface area contributed by atoms with Gasteiger partial charge < -0.3 is 15.5 Å². The SMILES string of the molecule is Cc1cc(C(O)CCNC(=O)O)cc(S(=O)(=O)CC2CCCCC2)c1. The Kier molecular flexibility index (Phi) is 6.84. The number of carbonyl (C=O) groups is 1. The predicted molar refractivity (Wildman–Crippen MR) is 95.4 cm³/mol. The maximum absolute atomic E-state index is 12.8. The molecule has 1 aromatic carbocycles. The van der Waals surface area contributed by atoms with E-state index < -0.39 is 22.0 Å². The number of aliphatic hydroxyl groups excluding tert-OH is 1. The van der Waals surface area contributed by atoms with E-state index in [1.54, 1.807) is 19.1 Å². The highest BCUT2D eigenvalue weighted by Crippen LogP contribution is 2.29. The molecule has 2 rings (SSSR count). The first kappa shape index (κ1) is 19.7. The van der Waals surface area contributed by atoms with E-state index in [9.17, 15) is 18.3 Å². The molecule has 0 saturated heterocycles. The number of nitrogens with one attached hydrogen (secondary N) is 1. The van der Waals surface area contributed by atoms with Gasteiger partial charge in [0.2, 0.25) is 0 Å². The fourth-order valence-corrected chi connectivity index (χ4v) is 5.22. The van der Waals surface area contributed by atoms with Gasteiger partial charge in [-0.2, -0.15) is 0 Å². The number of aryl methyl sites for hydroxylation is 1. The molecular formula is C18H27NO5S. The maximum Gasteiger partial charge on any atom is 0.404 e. The minimum atomic E-state index is -3.39. The summed E-state index contributed by atoms with van der Waals surface area (Å²) in [6, 6.07) is 4.91. The molecule has 1 fully saturated rings. The number of aliphatic hydroxyl groups is 1. The summed E-state index contributed by atoms with van der Waals surface area (Å²) in [6.07, 6.45) is 3.42. The molecule has 0 aromatic heterocycles. The zero-order valence-electron chi connectivity index (χ0n) is 14.6. The van der Waals surface area contributed by atoms with Gasteiger partial charge in [-0.15, -0.1) is 0 Å². The number of carboxylic acid groups (broad SMARTS) is 1. The molecule has 25 heavy (non-hydrogen) atoms. The Bertz CT molecular complexity index is 695. The molecule has 0 heterocycles. The van der Waals surface area contributed by atoms with Crippen molar-refractivity contribution in [2.45, 2.75) is 56.4 Å². The average molecular weight is 369 g/mol. The van der Waals surface area contributed by atoms with Crippen LogP contribution < -0.4 is 5.32 Å². The first-order valence-electron chi connectivity index (χ1n) is 8.77. The Morgan fingerprint density at radius 1 is 1.24 bits per heavy atom. The molecule has 1 aromatic rings. The Balaban J connectivity index is 2.12. The van der Waals surface area contributed by atoms with Crippen LogP contribution in [0.4, 0.5) is 4.79 Å². The highest BCUT2D eigenvalue weighted by atomic mass is 32.2. The van der Waals surface area contributed by atoms with E-state index in [1.165, 1.54) is 12.5 Å². The summed E-state index contributed by atoms with van der Waals surface area (Å²) in [5, 5.41) is 21.0. The van der Waals surface area contributed by atoms with Gasteiger partial charge in [0.15, 0.2) is 9.84 Å². The Morgan fingerprint density at radius 2 is 1.92 bits per heavy atom. The van der Waals surface area contributed by atoms with E-state index in [0.29, 0.717) is 5.56 Å². The van der Waals surface area contributed by atoms with Crippen LogP contribution in [0, 0.1) is 12.8 Å². The summed E-state index contributed by atoms with van der Waals surface area (Å²) in [4.78, 5) is 10.7. The molecule has 1 amide bonds. The molecule has 6 nitrogen and oxygen atoms in total. The zero-order valence-corrected chi connectivity index (χ0v) is 15.4. The molecule has 0 radical (unpaired) electrons. The molecule has 1 unspecified atom stereocenters. The molecule has 0 spiro atoms. The highest BCUT2D eigenvalue weighted by molar-refractivity contribution is 7.91. The lowest BCUT2D eigenvalue weighted by atomic mass is 9.91. The van der Waals surface area contributed by atoms with Gasteiger partial charge in [-0.3, -0.25) is 0 Å². The quantitative estimate of drug-likeness (QED) is 0.685. The van der Waals surface area contributed by atoms with E-state index in [-0.39, 0.29) is 29.5 Å². The second-order valence-corrected chi connectivity index (χ2v) is 8.94. The van der Waals surface area contributed by atoms with Crippen molar-refractivity contribution in [3.8, 4) is 0 Å². The molecule has 3 N–H and O–H groups in total. The van der Waals surface area contributed by atoms with Crippen LogP contribution in [0.25, 0.3) is 0 Å². The topological polar surface area (TPSA) is 104 Å². The lowest BCUT2D eigenvalue weighted by molar-refractivity contribution is 0.162.